The van der Waals surface area contributed by atoms with Crippen LogP contribution in [-0.2, 0) is 6.18 Å². The molecule has 1 saturated heterocycles. The van der Waals surface area contributed by atoms with E-state index in [1.807, 2.05) is 0 Å². The molecule has 0 amide bonds. The predicted octanol–water partition coefficient (Wildman–Crippen LogP) is 3.51. The molecule has 5 heteroatoms. The van der Waals surface area contributed by atoms with Gasteiger partial charge in [0.05, 0.1) is 5.56 Å². The monoisotopic (exact) mass is 272 g/mol. The lowest BCUT2D eigenvalue weighted by Crippen LogP contribution is -2.42. The highest BCUT2D eigenvalue weighted by Crippen LogP contribution is 2.30. The summed E-state index contributed by atoms with van der Waals surface area (Å²) in [5.41, 5.74) is 0.296. The van der Waals surface area contributed by atoms with Gasteiger partial charge in [-0.3, -0.25) is 0 Å². The number of nitrogens with one attached hydrogen (secondary N) is 2. The first-order valence-corrected chi connectivity index (χ1v) is 6.51. The van der Waals surface area contributed by atoms with Crippen LogP contribution in [0.25, 0.3) is 0 Å². The molecule has 1 atom stereocenters. The predicted molar refractivity (Wildman–Crippen MR) is 70.1 cm³/mol. The van der Waals surface area contributed by atoms with E-state index in [4.69, 9.17) is 0 Å². The minimum atomic E-state index is -4.27. The third-order valence-corrected chi connectivity index (χ3v) is 3.62. The van der Waals surface area contributed by atoms with E-state index >= 15 is 0 Å². The summed E-state index contributed by atoms with van der Waals surface area (Å²) in [5, 5.41) is 6.58. The molecular formula is C14H19F3N2. The second kappa shape index (κ2) is 5.41. The number of hydrogen-bond donors (Lipinski definition) is 2. The summed E-state index contributed by atoms with van der Waals surface area (Å²) < 4.78 is 37.3. The fourth-order valence-corrected chi connectivity index (χ4v) is 2.36. The first kappa shape index (κ1) is 14.2. The molecule has 1 heterocycles. The highest BCUT2D eigenvalue weighted by molar-refractivity contribution is 5.45. The van der Waals surface area contributed by atoms with Crippen molar-refractivity contribution < 1.29 is 13.2 Å². The molecule has 0 aliphatic carbocycles. The number of benzene rings is 1. The Morgan fingerprint density at radius 1 is 1.26 bits per heavy atom. The van der Waals surface area contributed by atoms with Gasteiger partial charge in [0.25, 0.3) is 0 Å². The molecule has 1 aromatic rings. The number of piperidine rings is 1. The van der Waals surface area contributed by atoms with E-state index in [1.165, 1.54) is 12.1 Å². The standard InChI is InChI=1S/C14H19F3N2/c1-13(7-2-8-18-9-13)10-19-12-5-3-11(4-6-12)14(15,16)17/h3-6,18-19H,2,7-10H2,1H3. The van der Waals surface area contributed by atoms with Gasteiger partial charge >= 0.3 is 6.18 Å². The first-order valence-electron chi connectivity index (χ1n) is 6.51. The van der Waals surface area contributed by atoms with Crippen molar-refractivity contribution in [2.45, 2.75) is 25.9 Å². The van der Waals surface area contributed by atoms with E-state index < -0.39 is 11.7 Å². The minimum absolute atomic E-state index is 0.168. The van der Waals surface area contributed by atoms with E-state index in [0.29, 0.717) is 0 Å². The Hall–Kier alpha value is -1.23. The molecule has 106 valence electrons. The average Bonchev–Trinajstić information content (AvgIpc) is 2.37. The largest absolute Gasteiger partial charge is 0.416 e. The molecule has 1 aliphatic rings. The molecule has 0 radical (unpaired) electrons. The van der Waals surface area contributed by atoms with Crippen LogP contribution >= 0.6 is 0 Å². The van der Waals surface area contributed by atoms with Crippen molar-refractivity contribution in [2.24, 2.45) is 5.41 Å². The van der Waals surface area contributed by atoms with Crippen molar-refractivity contribution in [1.82, 2.24) is 5.32 Å². The van der Waals surface area contributed by atoms with E-state index in [1.54, 1.807) is 0 Å². The number of rotatable bonds is 3. The summed E-state index contributed by atoms with van der Waals surface area (Å²) in [5.74, 6) is 0. The van der Waals surface area contributed by atoms with Gasteiger partial charge in [-0.1, -0.05) is 6.92 Å². The zero-order valence-corrected chi connectivity index (χ0v) is 11.0. The first-order chi connectivity index (χ1) is 8.89. The maximum atomic E-state index is 12.4. The number of alkyl halides is 3. The molecule has 1 aromatic carbocycles. The lowest BCUT2D eigenvalue weighted by molar-refractivity contribution is -0.137. The Kier molecular flexibility index (Phi) is 4.04. The van der Waals surface area contributed by atoms with Crippen LogP contribution in [0.4, 0.5) is 18.9 Å². The molecule has 0 saturated carbocycles. The summed E-state index contributed by atoms with van der Waals surface area (Å²) in [6.45, 7) is 4.96. The Balaban J connectivity index is 1.93. The van der Waals surface area contributed by atoms with Crippen molar-refractivity contribution in [2.75, 3.05) is 25.0 Å². The van der Waals surface area contributed by atoms with Crippen LogP contribution in [0.1, 0.15) is 25.3 Å². The smallest absolute Gasteiger partial charge is 0.384 e. The van der Waals surface area contributed by atoms with Gasteiger partial charge < -0.3 is 10.6 Å². The van der Waals surface area contributed by atoms with Crippen molar-refractivity contribution in [3.8, 4) is 0 Å². The number of halogens is 3. The molecule has 1 aliphatic heterocycles. The number of hydrogen-bond acceptors (Lipinski definition) is 2. The van der Waals surface area contributed by atoms with Crippen molar-refractivity contribution in [3.63, 3.8) is 0 Å². The van der Waals surface area contributed by atoms with Gasteiger partial charge in [0, 0.05) is 18.8 Å². The zero-order chi connectivity index (χ0) is 13.9. The Morgan fingerprint density at radius 2 is 1.95 bits per heavy atom. The molecule has 0 aromatic heterocycles. The third kappa shape index (κ3) is 3.86. The second-order valence-corrected chi connectivity index (χ2v) is 5.52. The lowest BCUT2D eigenvalue weighted by Gasteiger charge is -2.34. The molecule has 2 N–H and O–H groups in total. The SMILES string of the molecule is CC1(CNc2ccc(C(F)(F)F)cc2)CCCNC1. The summed E-state index contributed by atoms with van der Waals surface area (Å²) in [7, 11) is 0. The highest BCUT2D eigenvalue weighted by atomic mass is 19.4. The van der Waals surface area contributed by atoms with Gasteiger partial charge in [0.1, 0.15) is 0 Å². The van der Waals surface area contributed by atoms with Gasteiger partial charge in [0.15, 0.2) is 0 Å². The van der Waals surface area contributed by atoms with E-state index in [-0.39, 0.29) is 5.41 Å². The quantitative estimate of drug-likeness (QED) is 0.880. The Morgan fingerprint density at radius 3 is 2.47 bits per heavy atom. The molecule has 19 heavy (non-hydrogen) atoms. The van der Waals surface area contributed by atoms with Gasteiger partial charge in [-0.25, -0.2) is 0 Å². The van der Waals surface area contributed by atoms with E-state index in [0.717, 1.165) is 50.3 Å². The van der Waals surface area contributed by atoms with Crippen molar-refractivity contribution >= 4 is 5.69 Å². The van der Waals surface area contributed by atoms with Crippen LogP contribution in [0, 0.1) is 5.41 Å². The molecule has 1 fully saturated rings. The van der Waals surface area contributed by atoms with Crippen LogP contribution in [0.15, 0.2) is 24.3 Å². The summed E-state index contributed by atoms with van der Waals surface area (Å²) >= 11 is 0. The van der Waals surface area contributed by atoms with Crippen molar-refractivity contribution in [1.29, 1.82) is 0 Å². The van der Waals surface area contributed by atoms with Gasteiger partial charge in [-0.15, -0.1) is 0 Å². The third-order valence-electron chi connectivity index (χ3n) is 3.62. The van der Waals surface area contributed by atoms with E-state index in [2.05, 4.69) is 17.6 Å². The normalized spacial score (nSPS) is 24.2. The molecule has 1 unspecified atom stereocenters. The van der Waals surface area contributed by atoms with Gasteiger partial charge in [0.2, 0.25) is 0 Å². The van der Waals surface area contributed by atoms with Gasteiger partial charge in [-0.2, -0.15) is 13.2 Å². The maximum absolute atomic E-state index is 12.4. The molecule has 2 rings (SSSR count). The van der Waals surface area contributed by atoms with Crippen LogP contribution < -0.4 is 10.6 Å². The maximum Gasteiger partial charge on any atom is 0.416 e. The molecular weight excluding hydrogens is 253 g/mol. The lowest BCUT2D eigenvalue weighted by atomic mass is 9.83. The fraction of sp³-hybridized carbons (Fsp3) is 0.571. The van der Waals surface area contributed by atoms with Gasteiger partial charge in [-0.05, 0) is 49.1 Å². The second-order valence-electron chi connectivity index (χ2n) is 5.52. The summed E-state index contributed by atoms with van der Waals surface area (Å²) in [6.07, 6.45) is -1.99. The van der Waals surface area contributed by atoms with Crippen LogP contribution in [0.3, 0.4) is 0 Å². The minimum Gasteiger partial charge on any atom is -0.384 e. The molecule has 0 spiro atoms. The van der Waals surface area contributed by atoms with Crippen molar-refractivity contribution in [3.05, 3.63) is 29.8 Å². The van der Waals surface area contributed by atoms with Crippen LogP contribution in [0.2, 0.25) is 0 Å². The molecule has 2 nitrogen and oxygen atoms in total. The van der Waals surface area contributed by atoms with E-state index in [9.17, 15) is 13.2 Å². The zero-order valence-electron chi connectivity index (χ0n) is 11.0. The molecule has 0 bridgehead atoms. The van der Waals surface area contributed by atoms with Crippen LogP contribution in [-0.4, -0.2) is 19.6 Å². The summed E-state index contributed by atoms with van der Waals surface area (Å²) in [4.78, 5) is 0. The Bertz CT molecular complexity index is 406. The number of anilines is 1. The fourth-order valence-electron chi connectivity index (χ4n) is 2.36. The van der Waals surface area contributed by atoms with Crippen LogP contribution in [0.5, 0.6) is 0 Å². The highest BCUT2D eigenvalue weighted by Gasteiger charge is 2.30. The topological polar surface area (TPSA) is 24.1 Å². The average molecular weight is 272 g/mol. The summed E-state index contributed by atoms with van der Waals surface area (Å²) in [6, 6.07) is 5.21. The Labute approximate surface area is 111 Å².